The molecule has 100 valence electrons. The number of rotatable bonds is 4. The van der Waals surface area contributed by atoms with Gasteiger partial charge >= 0.3 is 0 Å². The van der Waals surface area contributed by atoms with Crippen LogP contribution in [0.5, 0.6) is 0 Å². The first-order valence-corrected chi connectivity index (χ1v) is 7.62. The van der Waals surface area contributed by atoms with Gasteiger partial charge in [0.1, 0.15) is 0 Å². The molecule has 1 aromatic rings. The monoisotopic (exact) mass is 294 g/mol. The van der Waals surface area contributed by atoms with Gasteiger partial charge in [-0.2, -0.15) is 0 Å². The molecule has 2 rings (SSSR count). The summed E-state index contributed by atoms with van der Waals surface area (Å²) in [4.78, 5) is 0.994. The van der Waals surface area contributed by atoms with Crippen molar-refractivity contribution in [3.05, 3.63) is 53.0 Å². The Morgan fingerprint density at radius 3 is 2.47 bits per heavy atom. The van der Waals surface area contributed by atoms with Crippen LogP contribution in [0.25, 0.3) is 0 Å². The Balaban J connectivity index is 2.04. The number of nitrogens with one attached hydrogen (secondary N) is 1. The van der Waals surface area contributed by atoms with E-state index < -0.39 is 10.0 Å². The summed E-state index contributed by atoms with van der Waals surface area (Å²) < 4.78 is 26.6. The zero-order valence-electron chi connectivity index (χ0n) is 10.2. The summed E-state index contributed by atoms with van der Waals surface area (Å²) >= 11 is 4.98. The molecule has 0 spiro atoms. The highest BCUT2D eigenvalue weighted by Gasteiger charge is 2.16. The van der Waals surface area contributed by atoms with E-state index >= 15 is 0 Å². The van der Waals surface area contributed by atoms with Gasteiger partial charge in [0.2, 0.25) is 10.0 Å². The zero-order valence-corrected chi connectivity index (χ0v) is 11.8. The van der Waals surface area contributed by atoms with Gasteiger partial charge in [-0.1, -0.05) is 30.4 Å². The van der Waals surface area contributed by atoms with Crippen LogP contribution in [0, 0.1) is 0 Å². The molecule has 0 aliphatic heterocycles. The number of sulfonamides is 1. The second-order valence-electron chi connectivity index (χ2n) is 4.18. The van der Waals surface area contributed by atoms with E-state index in [1.165, 1.54) is 6.08 Å². The standard InChI is InChI=1S/C13H14N2O2S2/c14-11-3-1-10(2-4-11)9-15-19(16,17)13-7-5-12(18)6-8-13/h1-5,7-8,15H,6,9,14H2. The molecule has 0 fully saturated rings. The van der Waals surface area contributed by atoms with Crippen LogP contribution < -0.4 is 10.5 Å². The fourth-order valence-corrected chi connectivity index (χ4v) is 2.83. The molecule has 4 nitrogen and oxygen atoms in total. The topological polar surface area (TPSA) is 72.2 Å². The number of hydrogen-bond donors (Lipinski definition) is 2. The van der Waals surface area contributed by atoms with Gasteiger partial charge in [-0.15, -0.1) is 0 Å². The molecular weight excluding hydrogens is 280 g/mol. The molecule has 0 heterocycles. The van der Waals surface area contributed by atoms with Gasteiger partial charge in [-0.3, -0.25) is 0 Å². The lowest BCUT2D eigenvalue weighted by molar-refractivity contribution is 0.588. The molecular formula is C13H14N2O2S2. The maximum Gasteiger partial charge on any atom is 0.240 e. The van der Waals surface area contributed by atoms with Crippen LogP contribution in [0.3, 0.4) is 0 Å². The lowest BCUT2D eigenvalue weighted by Gasteiger charge is -2.10. The first-order valence-electron chi connectivity index (χ1n) is 5.72. The van der Waals surface area contributed by atoms with E-state index in [0.717, 1.165) is 10.4 Å². The van der Waals surface area contributed by atoms with Crippen LogP contribution in [0.15, 0.2) is 47.4 Å². The van der Waals surface area contributed by atoms with Crippen LogP contribution in [0.2, 0.25) is 0 Å². The normalized spacial score (nSPS) is 15.4. The summed E-state index contributed by atoms with van der Waals surface area (Å²) in [7, 11) is -3.48. The summed E-state index contributed by atoms with van der Waals surface area (Å²) in [6, 6.07) is 7.06. The second-order valence-corrected chi connectivity index (χ2v) is 6.47. The average molecular weight is 294 g/mol. The van der Waals surface area contributed by atoms with Crippen LogP contribution in [0.1, 0.15) is 12.0 Å². The Morgan fingerprint density at radius 1 is 1.21 bits per heavy atom. The molecule has 1 aliphatic carbocycles. The first-order chi connectivity index (χ1) is 8.97. The van der Waals surface area contributed by atoms with Crippen LogP contribution in [-0.2, 0) is 16.6 Å². The zero-order chi connectivity index (χ0) is 13.9. The number of allylic oxidation sites excluding steroid dienone is 3. The SMILES string of the molecule is Nc1ccc(CNS(=O)(=O)C2=CCC(=S)C=C2)cc1. The largest absolute Gasteiger partial charge is 0.399 e. The molecule has 1 aliphatic rings. The molecule has 0 unspecified atom stereocenters. The highest BCUT2D eigenvalue weighted by Crippen LogP contribution is 2.14. The van der Waals surface area contributed by atoms with Crippen molar-refractivity contribution in [3.8, 4) is 0 Å². The lowest BCUT2D eigenvalue weighted by Crippen LogP contribution is -2.24. The highest BCUT2D eigenvalue weighted by atomic mass is 32.2. The van der Waals surface area contributed by atoms with E-state index in [4.69, 9.17) is 18.0 Å². The molecule has 0 amide bonds. The summed E-state index contributed by atoms with van der Waals surface area (Å²) in [5.41, 5.74) is 7.08. The average Bonchev–Trinajstić information content (AvgIpc) is 2.39. The van der Waals surface area contributed by atoms with E-state index in [-0.39, 0.29) is 11.4 Å². The predicted octanol–water partition coefficient (Wildman–Crippen LogP) is 1.90. The predicted molar refractivity (Wildman–Crippen MR) is 81.1 cm³/mol. The maximum atomic E-state index is 12.0. The van der Waals surface area contributed by atoms with Crippen molar-refractivity contribution < 1.29 is 8.42 Å². The smallest absolute Gasteiger partial charge is 0.240 e. The Labute approximate surface area is 118 Å². The molecule has 3 N–H and O–H groups in total. The summed E-state index contributed by atoms with van der Waals surface area (Å²) in [5.74, 6) is 0. The number of nitrogens with two attached hydrogens (primary N) is 1. The van der Waals surface area contributed by atoms with Gasteiger partial charge in [0.25, 0.3) is 0 Å². The van der Waals surface area contributed by atoms with Crippen molar-refractivity contribution in [2.75, 3.05) is 5.73 Å². The Bertz CT molecular complexity index is 644. The number of anilines is 1. The number of hydrogen-bond acceptors (Lipinski definition) is 4. The van der Waals surface area contributed by atoms with Gasteiger partial charge in [-0.25, -0.2) is 13.1 Å². The van der Waals surface area contributed by atoms with E-state index in [0.29, 0.717) is 12.1 Å². The van der Waals surface area contributed by atoms with Crippen molar-refractivity contribution in [3.63, 3.8) is 0 Å². The Hall–Kier alpha value is -1.50. The Morgan fingerprint density at radius 2 is 1.89 bits per heavy atom. The highest BCUT2D eigenvalue weighted by molar-refractivity contribution is 7.93. The van der Waals surface area contributed by atoms with E-state index in [9.17, 15) is 8.42 Å². The third-order valence-electron chi connectivity index (χ3n) is 2.69. The van der Waals surface area contributed by atoms with Crippen LogP contribution in [-0.4, -0.2) is 13.3 Å². The number of thiocarbonyl (C=S) groups is 1. The molecule has 0 bridgehead atoms. The van der Waals surface area contributed by atoms with Gasteiger partial charge < -0.3 is 5.73 Å². The molecule has 6 heteroatoms. The minimum Gasteiger partial charge on any atom is -0.399 e. The Kier molecular flexibility index (Phi) is 4.14. The number of benzene rings is 1. The van der Waals surface area contributed by atoms with Crippen molar-refractivity contribution in [2.45, 2.75) is 13.0 Å². The minimum atomic E-state index is -3.48. The third-order valence-corrected chi connectivity index (χ3v) is 4.44. The van der Waals surface area contributed by atoms with Crippen molar-refractivity contribution in [2.24, 2.45) is 0 Å². The molecule has 0 aromatic heterocycles. The van der Waals surface area contributed by atoms with E-state index in [1.54, 1.807) is 36.4 Å². The van der Waals surface area contributed by atoms with Crippen molar-refractivity contribution in [1.29, 1.82) is 0 Å². The molecule has 0 radical (unpaired) electrons. The maximum absolute atomic E-state index is 12.0. The second kappa shape index (κ2) is 5.64. The fraction of sp³-hybridized carbons (Fsp3) is 0.154. The van der Waals surface area contributed by atoms with Crippen molar-refractivity contribution in [1.82, 2.24) is 4.72 Å². The third kappa shape index (κ3) is 3.73. The van der Waals surface area contributed by atoms with Gasteiger partial charge in [0.05, 0.1) is 4.91 Å². The van der Waals surface area contributed by atoms with Gasteiger partial charge in [0, 0.05) is 23.5 Å². The molecule has 19 heavy (non-hydrogen) atoms. The summed E-state index contributed by atoms with van der Waals surface area (Å²) in [6.45, 7) is 0.234. The van der Waals surface area contributed by atoms with Crippen molar-refractivity contribution >= 4 is 32.8 Å². The van der Waals surface area contributed by atoms with Crippen LogP contribution >= 0.6 is 12.2 Å². The van der Waals surface area contributed by atoms with Crippen LogP contribution in [0.4, 0.5) is 5.69 Å². The number of nitrogen functional groups attached to an aromatic ring is 1. The molecule has 0 atom stereocenters. The molecule has 0 saturated heterocycles. The van der Waals surface area contributed by atoms with E-state index in [1.807, 2.05) is 0 Å². The minimum absolute atomic E-state index is 0.234. The van der Waals surface area contributed by atoms with E-state index in [2.05, 4.69) is 4.72 Å². The summed E-state index contributed by atoms with van der Waals surface area (Å²) in [5, 5.41) is 0. The quantitative estimate of drug-likeness (QED) is 0.657. The summed E-state index contributed by atoms with van der Waals surface area (Å²) in [6.07, 6.45) is 5.28. The molecule has 1 aromatic carbocycles. The van der Waals surface area contributed by atoms with Gasteiger partial charge in [0.15, 0.2) is 0 Å². The fourth-order valence-electron chi connectivity index (χ4n) is 1.61. The lowest BCUT2D eigenvalue weighted by atomic mass is 10.2. The van der Waals surface area contributed by atoms with Gasteiger partial charge in [-0.05, 0) is 29.8 Å². The first kappa shape index (κ1) is 13.9. The molecule has 0 saturated carbocycles.